The van der Waals surface area contributed by atoms with Crippen LogP contribution in [0.3, 0.4) is 0 Å². The van der Waals surface area contributed by atoms with Crippen LogP contribution in [0, 0.1) is 0 Å². The van der Waals surface area contributed by atoms with Crippen LogP contribution in [-0.2, 0) is 0 Å². The second kappa shape index (κ2) is 12.0. The van der Waals surface area contributed by atoms with Crippen molar-refractivity contribution in [2.45, 2.75) is 0 Å². The molecule has 0 amide bonds. The summed E-state index contributed by atoms with van der Waals surface area (Å²) in [5.41, 5.74) is 19.8. The van der Waals surface area contributed by atoms with E-state index in [1.165, 1.54) is 83.1 Å². The monoisotopic (exact) mass is 711 g/mol. The van der Waals surface area contributed by atoms with Crippen molar-refractivity contribution >= 4 is 43.7 Å². The van der Waals surface area contributed by atoms with E-state index in [0.717, 1.165) is 33.1 Å². The van der Waals surface area contributed by atoms with Crippen molar-refractivity contribution in [2.24, 2.45) is 0 Å². The van der Waals surface area contributed by atoms with Gasteiger partial charge in [0.2, 0.25) is 0 Å². The van der Waals surface area contributed by atoms with Crippen LogP contribution in [-0.4, -0.2) is 4.57 Å². The van der Waals surface area contributed by atoms with E-state index in [0.29, 0.717) is 0 Å². The lowest BCUT2D eigenvalue weighted by Gasteiger charge is -2.24. The summed E-state index contributed by atoms with van der Waals surface area (Å²) in [4.78, 5) is 0. The van der Waals surface area contributed by atoms with Gasteiger partial charge in [0.05, 0.1) is 11.0 Å². The predicted molar refractivity (Wildman–Crippen MR) is 234 cm³/mol. The van der Waals surface area contributed by atoms with Gasteiger partial charge in [0.1, 0.15) is 11.2 Å². The third-order valence-corrected chi connectivity index (χ3v) is 11.8. The molecule has 260 valence electrons. The molecular formula is C54H33NO. The van der Waals surface area contributed by atoms with Crippen molar-refractivity contribution in [3.63, 3.8) is 0 Å². The highest BCUT2D eigenvalue weighted by Crippen LogP contribution is 2.50. The highest BCUT2D eigenvalue weighted by Gasteiger charge is 2.24. The molecule has 1 aliphatic carbocycles. The molecule has 0 aliphatic heterocycles. The lowest BCUT2D eigenvalue weighted by molar-refractivity contribution is 0.670. The maximum absolute atomic E-state index is 6.55. The Morgan fingerprint density at radius 1 is 0.286 bits per heavy atom. The average molecular weight is 712 g/mol. The normalized spacial score (nSPS) is 11.9. The SMILES string of the molecule is c1ccc(-n2c3ccccc3c3cc(-c4ccc5c(c4)-c4ccccc4-c4ccccc4-c4ccc(-c6cccc7c6oc6ccccc67)cc4-5)ccc32)cc1. The molecule has 0 fully saturated rings. The van der Waals surface area contributed by atoms with Gasteiger partial charge in [0.15, 0.2) is 0 Å². The van der Waals surface area contributed by atoms with Gasteiger partial charge in [-0.3, -0.25) is 0 Å². The van der Waals surface area contributed by atoms with E-state index >= 15 is 0 Å². The van der Waals surface area contributed by atoms with Crippen LogP contribution in [0.15, 0.2) is 205 Å². The first-order valence-electron chi connectivity index (χ1n) is 19.3. The van der Waals surface area contributed by atoms with Gasteiger partial charge in [-0.15, -0.1) is 0 Å². The molecule has 0 spiro atoms. The summed E-state index contributed by atoms with van der Waals surface area (Å²) >= 11 is 0. The van der Waals surface area contributed by atoms with Crippen LogP contribution >= 0.6 is 0 Å². The van der Waals surface area contributed by atoms with Crippen LogP contribution < -0.4 is 0 Å². The molecule has 2 nitrogen and oxygen atoms in total. The van der Waals surface area contributed by atoms with Gasteiger partial charge in [-0.1, -0.05) is 152 Å². The number of hydrogen-bond acceptors (Lipinski definition) is 1. The molecule has 0 unspecified atom stereocenters. The number of benzene rings is 9. The second-order valence-electron chi connectivity index (χ2n) is 14.8. The van der Waals surface area contributed by atoms with Gasteiger partial charge in [-0.05, 0) is 110 Å². The highest BCUT2D eigenvalue weighted by molar-refractivity contribution is 6.12. The molecule has 12 rings (SSSR count). The highest BCUT2D eigenvalue weighted by atomic mass is 16.3. The quantitative estimate of drug-likeness (QED) is 0.178. The van der Waals surface area contributed by atoms with Gasteiger partial charge in [-0.25, -0.2) is 0 Å². The van der Waals surface area contributed by atoms with Crippen LogP contribution in [0.2, 0.25) is 0 Å². The van der Waals surface area contributed by atoms with E-state index in [1.807, 2.05) is 6.07 Å². The number of para-hydroxylation sites is 4. The van der Waals surface area contributed by atoms with Gasteiger partial charge >= 0.3 is 0 Å². The molecule has 11 aromatic rings. The topological polar surface area (TPSA) is 18.1 Å². The Bertz CT molecular complexity index is 3360. The van der Waals surface area contributed by atoms with Crippen LogP contribution in [0.1, 0.15) is 0 Å². The molecule has 0 radical (unpaired) electrons. The van der Waals surface area contributed by atoms with E-state index in [2.05, 4.69) is 199 Å². The van der Waals surface area contributed by atoms with Crippen molar-refractivity contribution in [3.05, 3.63) is 200 Å². The van der Waals surface area contributed by atoms with Crippen molar-refractivity contribution in [1.29, 1.82) is 0 Å². The van der Waals surface area contributed by atoms with Crippen LogP contribution in [0.5, 0.6) is 0 Å². The summed E-state index contributed by atoms with van der Waals surface area (Å²) in [6.45, 7) is 0. The van der Waals surface area contributed by atoms with Crippen LogP contribution in [0.25, 0.3) is 116 Å². The maximum atomic E-state index is 6.55. The van der Waals surface area contributed by atoms with Crippen molar-refractivity contribution in [3.8, 4) is 72.4 Å². The van der Waals surface area contributed by atoms with E-state index in [9.17, 15) is 0 Å². The summed E-state index contributed by atoms with van der Waals surface area (Å²) in [7, 11) is 0. The molecule has 0 saturated heterocycles. The molecule has 2 heteroatoms. The fraction of sp³-hybridized carbons (Fsp3) is 0. The molecule has 1 aliphatic rings. The third-order valence-electron chi connectivity index (χ3n) is 11.8. The van der Waals surface area contributed by atoms with Crippen molar-refractivity contribution < 1.29 is 4.42 Å². The average Bonchev–Trinajstić information content (AvgIpc) is 3.82. The molecule has 2 aromatic heterocycles. The van der Waals surface area contributed by atoms with Gasteiger partial charge in [-0.2, -0.15) is 0 Å². The summed E-state index contributed by atoms with van der Waals surface area (Å²) in [5.74, 6) is 0. The fourth-order valence-electron chi connectivity index (χ4n) is 9.24. The largest absolute Gasteiger partial charge is 0.455 e. The fourth-order valence-corrected chi connectivity index (χ4v) is 9.24. The number of fused-ring (bicyclic) bond motifs is 14. The molecule has 0 N–H and O–H groups in total. The molecular weight excluding hydrogens is 679 g/mol. The molecule has 2 heterocycles. The summed E-state index contributed by atoms with van der Waals surface area (Å²) in [6.07, 6.45) is 0. The zero-order chi connectivity index (χ0) is 36.7. The first-order chi connectivity index (χ1) is 27.8. The molecule has 0 atom stereocenters. The zero-order valence-electron chi connectivity index (χ0n) is 30.4. The summed E-state index contributed by atoms with van der Waals surface area (Å²) in [5, 5.41) is 4.78. The Kier molecular flexibility index (Phi) is 6.66. The third kappa shape index (κ3) is 4.57. The second-order valence-corrected chi connectivity index (χ2v) is 14.8. The van der Waals surface area contributed by atoms with Gasteiger partial charge in [0, 0.05) is 32.8 Å². The number of rotatable bonds is 3. The van der Waals surface area contributed by atoms with E-state index in [1.54, 1.807) is 0 Å². The van der Waals surface area contributed by atoms with E-state index < -0.39 is 0 Å². The minimum Gasteiger partial charge on any atom is -0.455 e. The van der Waals surface area contributed by atoms with E-state index in [-0.39, 0.29) is 0 Å². The smallest absolute Gasteiger partial charge is 0.143 e. The predicted octanol–water partition coefficient (Wildman–Crippen LogP) is 15.0. The lowest BCUT2D eigenvalue weighted by atomic mass is 9.79. The molecule has 56 heavy (non-hydrogen) atoms. The molecule has 0 bridgehead atoms. The molecule has 0 saturated carbocycles. The number of hydrogen-bond donors (Lipinski definition) is 0. The first kappa shape index (κ1) is 31.0. The number of nitrogens with zero attached hydrogens (tertiary/aromatic N) is 1. The Balaban J connectivity index is 1.09. The lowest BCUT2D eigenvalue weighted by Crippen LogP contribution is -1.98. The Labute approximate surface area is 324 Å². The van der Waals surface area contributed by atoms with Crippen molar-refractivity contribution in [1.82, 2.24) is 4.57 Å². The van der Waals surface area contributed by atoms with Crippen molar-refractivity contribution in [2.75, 3.05) is 0 Å². The Morgan fingerprint density at radius 2 is 0.786 bits per heavy atom. The zero-order valence-corrected chi connectivity index (χ0v) is 30.4. The molecule has 9 aromatic carbocycles. The standard InChI is InChI=1S/C54H33NO/c1-2-13-37(14-3-1)55-51-23-10-8-19-45(51)50-32-35(27-30-52(50)55)34-25-28-44-48(31-34)42-18-7-6-16-40(42)39-15-4-5-17-41(39)43-29-26-36(33-49(43)44)38-21-12-22-47-46-20-9-11-24-53(46)56-54(38)47/h1-33H. The maximum Gasteiger partial charge on any atom is 0.143 e. The van der Waals surface area contributed by atoms with Crippen LogP contribution in [0.4, 0.5) is 0 Å². The van der Waals surface area contributed by atoms with E-state index in [4.69, 9.17) is 4.42 Å². The minimum absolute atomic E-state index is 0.910. The summed E-state index contributed by atoms with van der Waals surface area (Å²) < 4.78 is 8.92. The number of furan rings is 1. The summed E-state index contributed by atoms with van der Waals surface area (Å²) in [6, 6.07) is 73.0. The number of aromatic nitrogens is 1. The van der Waals surface area contributed by atoms with Gasteiger partial charge in [0.25, 0.3) is 0 Å². The minimum atomic E-state index is 0.910. The Morgan fingerprint density at radius 3 is 1.55 bits per heavy atom. The Hall–Kier alpha value is -7.42. The van der Waals surface area contributed by atoms with Gasteiger partial charge < -0.3 is 8.98 Å². The first-order valence-corrected chi connectivity index (χ1v) is 19.3.